The summed E-state index contributed by atoms with van der Waals surface area (Å²) in [6.45, 7) is 3.38. The van der Waals surface area contributed by atoms with Crippen LogP contribution in [0.15, 0.2) is 10.6 Å². The van der Waals surface area contributed by atoms with E-state index >= 15 is 0 Å². The molecule has 0 aromatic rings. The molecule has 0 radical (unpaired) electrons. The van der Waals surface area contributed by atoms with Crippen LogP contribution in [0.5, 0.6) is 0 Å². The Balaban J connectivity index is 4.45. The summed E-state index contributed by atoms with van der Waals surface area (Å²) < 4.78 is 4.55. The molecule has 60 valence electrons. The number of hydrogen-bond donors (Lipinski definition) is 0. The molecule has 0 heterocycles. The molecule has 11 heavy (non-hydrogen) atoms. The molecule has 0 fully saturated rings. The van der Waals surface area contributed by atoms with Crippen LogP contribution < -0.4 is 0 Å². The number of esters is 1. The van der Waals surface area contributed by atoms with Crippen LogP contribution in [0.1, 0.15) is 13.8 Å². The van der Waals surface area contributed by atoms with Gasteiger partial charge in [-0.15, -0.1) is 0 Å². The lowest BCUT2D eigenvalue weighted by molar-refractivity contribution is -0.138. The van der Waals surface area contributed by atoms with Crippen LogP contribution >= 0.6 is 11.6 Å². The van der Waals surface area contributed by atoms with Crippen LogP contribution in [0.2, 0.25) is 0 Å². The number of rotatable bonds is 2. The highest BCUT2D eigenvalue weighted by Gasteiger charge is 2.11. The van der Waals surface area contributed by atoms with E-state index in [0.29, 0.717) is 0 Å². The van der Waals surface area contributed by atoms with Crippen molar-refractivity contribution in [1.29, 1.82) is 5.26 Å². The van der Waals surface area contributed by atoms with Crippen molar-refractivity contribution < 1.29 is 9.53 Å². The zero-order valence-corrected chi connectivity index (χ0v) is 7.10. The highest BCUT2D eigenvalue weighted by Crippen LogP contribution is 2.08. The second-order valence-corrected chi connectivity index (χ2v) is 2.31. The van der Waals surface area contributed by atoms with E-state index in [9.17, 15) is 4.79 Å². The SMILES string of the molecule is CCOC(=O)/C(C#N)=C(\C)Cl. The van der Waals surface area contributed by atoms with Crippen molar-refractivity contribution in [3.8, 4) is 6.07 Å². The maximum atomic E-state index is 10.8. The number of allylic oxidation sites excluding steroid dienone is 1. The van der Waals surface area contributed by atoms with Gasteiger partial charge >= 0.3 is 5.97 Å². The Morgan fingerprint density at radius 1 is 1.73 bits per heavy atom. The van der Waals surface area contributed by atoms with Crippen molar-refractivity contribution in [3.63, 3.8) is 0 Å². The van der Waals surface area contributed by atoms with Gasteiger partial charge in [0.1, 0.15) is 6.07 Å². The molecular formula is C7H8ClNO2. The van der Waals surface area contributed by atoms with Gasteiger partial charge in [0, 0.05) is 5.03 Å². The van der Waals surface area contributed by atoms with E-state index in [4.69, 9.17) is 16.9 Å². The lowest BCUT2D eigenvalue weighted by atomic mass is 10.3. The summed E-state index contributed by atoms with van der Waals surface area (Å²) >= 11 is 5.43. The molecule has 0 N–H and O–H groups in total. The van der Waals surface area contributed by atoms with Crippen molar-refractivity contribution in [2.75, 3.05) is 6.61 Å². The third-order valence-corrected chi connectivity index (χ3v) is 1.12. The molecule has 0 amide bonds. The van der Waals surface area contributed by atoms with Gasteiger partial charge in [-0.1, -0.05) is 11.6 Å². The summed E-state index contributed by atoms with van der Waals surface area (Å²) in [5.41, 5.74) is -0.131. The van der Waals surface area contributed by atoms with E-state index in [1.54, 1.807) is 13.0 Å². The molecule has 0 aliphatic heterocycles. The van der Waals surface area contributed by atoms with Crippen LogP contribution in [0.3, 0.4) is 0 Å². The van der Waals surface area contributed by atoms with Gasteiger partial charge in [0.15, 0.2) is 5.57 Å². The molecule has 0 rings (SSSR count). The van der Waals surface area contributed by atoms with Crippen molar-refractivity contribution in [1.82, 2.24) is 0 Å². The van der Waals surface area contributed by atoms with Crippen molar-refractivity contribution in [2.24, 2.45) is 0 Å². The quantitative estimate of drug-likeness (QED) is 0.362. The maximum Gasteiger partial charge on any atom is 0.350 e. The topological polar surface area (TPSA) is 50.1 Å². The monoisotopic (exact) mass is 173 g/mol. The second kappa shape index (κ2) is 4.75. The Kier molecular flexibility index (Phi) is 4.32. The zero-order valence-electron chi connectivity index (χ0n) is 6.35. The van der Waals surface area contributed by atoms with E-state index in [1.165, 1.54) is 6.92 Å². The lowest BCUT2D eigenvalue weighted by Gasteiger charge is -1.98. The van der Waals surface area contributed by atoms with Crippen LogP contribution in [-0.2, 0) is 9.53 Å². The number of carbonyl (C=O) groups excluding carboxylic acids is 1. The predicted molar refractivity (Wildman–Crippen MR) is 40.8 cm³/mol. The first-order chi connectivity index (χ1) is 5.13. The first-order valence-electron chi connectivity index (χ1n) is 3.07. The normalized spacial score (nSPS) is 11.5. The molecule has 0 atom stereocenters. The molecule has 3 nitrogen and oxygen atoms in total. The highest BCUT2D eigenvalue weighted by atomic mass is 35.5. The summed E-state index contributed by atoms with van der Waals surface area (Å²) in [4.78, 5) is 10.8. The molecule has 0 saturated heterocycles. The molecule has 4 heteroatoms. The summed E-state index contributed by atoms with van der Waals surface area (Å²) in [7, 11) is 0. The van der Waals surface area contributed by atoms with Crippen LogP contribution in [0.25, 0.3) is 0 Å². The number of hydrogen-bond acceptors (Lipinski definition) is 3. The van der Waals surface area contributed by atoms with Gasteiger partial charge in [-0.3, -0.25) is 0 Å². The molecule has 0 aliphatic rings. The van der Waals surface area contributed by atoms with Crippen LogP contribution in [-0.4, -0.2) is 12.6 Å². The van der Waals surface area contributed by atoms with Crippen LogP contribution in [0.4, 0.5) is 0 Å². The van der Waals surface area contributed by atoms with Gasteiger partial charge in [-0.25, -0.2) is 4.79 Å². The van der Waals surface area contributed by atoms with Gasteiger partial charge < -0.3 is 4.74 Å². The predicted octanol–water partition coefficient (Wildman–Crippen LogP) is 1.59. The number of nitriles is 1. The number of ether oxygens (including phenoxy) is 1. The van der Waals surface area contributed by atoms with Gasteiger partial charge in [0.05, 0.1) is 6.61 Å². The molecule has 0 aromatic carbocycles. The van der Waals surface area contributed by atoms with Gasteiger partial charge in [-0.05, 0) is 13.8 Å². The van der Waals surface area contributed by atoms with Crippen molar-refractivity contribution >= 4 is 17.6 Å². The Bertz CT molecular complexity index is 223. The third-order valence-electron chi connectivity index (χ3n) is 0.936. The Morgan fingerprint density at radius 2 is 2.27 bits per heavy atom. The lowest BCUT2D eigenvalue weighted by Crippen LogP contribution is -2.06. The zero-order chi connectivity index (χ0) is 8.85. The molecule has 0 saturated carbocycles. The molecule has 0 bridgehead atoms. The fraction of sp³-hybridized carbons (Fsp3) is 0.429. The largest absolute Gasteiger partial charge is 0.462 e. The van der Waals surface area contributed by atoms with Gasteiger partial charge in [-0.2, -0.15) is 5.26 Å². The minimum absolute atomic E-state index is 0.131. The summed E-state index contributed by atoms with van der Waals surface area (Å²) in [5, 5.41) is 8.56. The first kappa shape index (κ1) is 9.99. The first-order valence-corrected chi connectivity index (χ1v) is 3.44. The van der Waals surface area contributed by atoms with Crippen LogP contribution in [0, 0.1) is 11.3 Å². The fourth-order valence-electron chi connectivity index (χ4n) is 0.467. The van der Waals surface area contributed by atoms with Crippen molar-refractivity contribution in [2.45, 2.75) is 13.8 Å². The molecular weight excluding hydrogens is 166 g/mol. The second-order valence-electron chi connectivity index (χ2n) is 1.74. The molecule has 0 unspecified atom stereocenters. The van der Waals surface area contributed by atoms with Gasteiger partial charge in [0.2, 0.25) is 0 Å². The number of nitrogens with zero attached hydrogens (tertiary/aromatic N) is 1. The van der Waals surface area contributed by atoms with Crippen molar-refractivity contribution in [3.05, 3.63) is 10.6 Å². The number of carbonyl (C=O) groups is 1. The standard InChI is InChI=1S/C7H8ClNO2/c1-3-11-7(10)6(4-9)5(2)8/h3H2,1-2H3/b6-5+. The van der Waals surface area contributed by atoms with E-state index in [-0.39, 0.29) is 17.2 Å². The Morgan fingerprint density at radius 3 is 2.55 bits per heavy atom. The summed E-state index contributed by atoms with van der Waals surface area (Å²) in [6, 6.07) is 1.66. The number of halogens is 1. The molecule has 0 aliphatic carbocycles. The van der Waals surface area contributed by atoms with E-state index in [1.807, 2.05) is 0 Å². The Hall–Kier alpha value is -1.01. The third kappa shape index (κ3) is 3.06. The maximum absolute atomic E-state index is 10.8. The average Bonchev–Trinajstić information content (AvgIpc) is 1.88. The molecule has 0 spiro atoms. The Labute approximate surface area is 70.2 Å². The minimum Gasteiger partial charge on any atom is -0.462 e. The smallest absolute Gasteiger partial charge is 0.350 e. The molecule has 0 aromatic heterocycles. The minimum atomic E-state index is -0.664. The van der Waals surface area contributed by atoms with E-state index in [2.05, 4.69) is 4.74 Å². The highest BCUT2D eigenvalue weighted by molar-refractivity contribution is 6.31. The summed E-state index contributed by atoms with van der Waals surface area (Å²) in [6.07, 6.45) is 0. The van der Waals surface area contributed by atoms with Gasteiger partial charge in [0.25, 0.3) is 0 Å². The fourth-order valence-corrected chi connectivity index (χ4v) is 0.586. The van der Waals surface area contributed by atoms with E-state index < -0.39 is 5.97 Å². The van der Waals surface area contributed by atoms with E-state index in [0.717, 1.165) is 0 Å². The average molecular weight is 174 g/mol. The summed E-state index contributed by atoms with van der Waals surface area (Å²) in [5.74, 6) is -0.664.